The number of rotatable bonds is 4. The smallest absolute Gasteiger partial charge is 0.320 e. The summed E-state index contributed by atoms with van der Waals surface area (Å²) in [5, 5.41) is 17.5. The highest BCUT2D eigenvalue weighted by molar-refractivity contribution is 6.04. The Hall–Kier alpha value is -4.27. The number of aromatic nitrogens is 4. The van der Waals surface area contributed by atoms with Crippen LogP contribution in [0.15, 0.2) is 66.7 Å². The van der Waals surface area contributed by atoms with Gasteiger partial charge in [0.1, 0.15) is 0 Å². The lowest BCUT2D eigenvalue weighted by atomic mass is 9.97. The largest absolute Gasteiger partial charge is 0.418 e. The molecule has 0 bridgehead atoms. The highest BCUT2D eigenvalue weighted by atomic mass is 19.4. The number of halogens is 3. The van der Waals surface area contributed by atoms with Gasteiger partial charge in [-0.1, -0.05) is 61.5 Å². The normalized spacial score (nSPS) is 11.8. The zero-order valence-corrected chi connectivity index (χ0v) is 18.9. The van der Waals surface area contributed by atoms with Crippen molar-refractivity contribution in [2.75, 3.05) is 5.32 Å². The molecule has 5 rings (SSSR count). The van der Waals surface area contributed by atoms with Crippen molar-refractivity contribution >= 4 is 28.0 Å². The summed E-state index contributed by atoms with van der Waals surface area (Å²) in [5.41, 5.74) is 1.99. The van der Waals surface area contributed by atoms with E-state index < -0.39 is 17.6 Å². The standard InChI is InChI=1S/C26H20F3N5O/c1-3-20-22(18-12-8-10-16-9-4-5-11-17(16)18)24-32-31-23(15(2)34(24)33-20)25(35)30-21-14-7-6-13-19(21)26(27,28)29/h4-14H,3H2,1-2H3,(H,30,35). The molecule has 0 fully saturated rings. The minimum atomic E-state index is -4.61. The van der Waals surface area contributed by atoms with E-state index in [2.05, 4.69) is 20.6 Å². The minimum Gasteiger partial charge on any atom is -0.320 e. The maximum absolute atomic E-state index is 13.4. The molecule has 35 heavy (non-hydrogen) atoms. The van der Waals surface area contributed by atoms with Crippen molar-refractivity contribution in [3.63, 3.8) is 0 Å². The van der Waals surface area contributed by atoms with Crippen LogP contribution in [-0.4, -0.2) is 25.7 Å². The molecule has 0 saturated carbocycles. The Morgan fingerprint density at radius 2 is 1.69 bits per heavy atom. The monoisotopic (exact) mass is 475 g/mol. The van der Waals surface area contributed by atoms with E-state index in [1.807, 2.05) is 49.4 Å². The predicted octanol–water partition coefficient (Wildman–Crippen LogP) is 6.09. The molecular formula is C26H20F3N5O. The molecule has 1 amide bonds. The number of hydrogen-bond acceptors (Lipinski definition) is 4. The van der Waals surface area contributed by atoms with Gasteiger partial charge in [-0.15, -0.1) is 10.2 Å². The Kier molecular flexibility index (Phi) is 5.47. The van der Waals surface area contributed by atoms with Gasteiger partial charge in [-0.2, -0.15) is 18.3 Å². The van der Waals surface area contributed by atoms with Crippen LogP contribution in [0.2, 0.25) is 0 Å². The van der Waals surface area contributed by atoms with Crippen molar-refractivity contribution in [2.45, 2.75) is 26.4 Å². The average molecular weight is 475 g/mol. The molecule has 0 radical (unpaired) electrons. The second-order valence-corrected chi connectivity index (χ2v) is 8.07. The quantitative estimate of drug-likeness (QED) is 0.342. The lowest BCUT2D eigenvalue weighted by Crippen LogP contribution is -2.20. The Morgan fingerprint density at radius 1 is 0.971 bits per heavy atom. The van der Waals surface area contributed by atoms with E-state index in [1.54, 1.807) is 6.92 Å². The molecule has 0 unspecified atom stereocenters. The zero-order valence-electron chi connectivity index (χ0n) is 18.9. The Labute approximate surface area is 198 Å². The number of carbonyl (C=O) groups excluding carboxylic acids is 1. The number of aryl methyl sites for hydroxylation is 2. The van der Waals surface area contributed by atoms with Crippen LogP contribution in [0.5, 0.6) is 0 Å². The predicted molar refractivity (Wildman–Crippen MR) is 127 cm³/mol. The van der Waals surface area contributed by atoms with Gasteiger partial charge < -0.3 is 5.32 Å². The number of benzene rings is 3. The van der Waals surface area contributed by atoms with Crippen molar-refractivity contribution in [1.82, 2.24) is 19.8 Å². The van der Waals surface area contributed by atoms with E-state index in [9.17, 15) is 18.0 Å². The molecular weight excluding hydrogens is 455 g/mol. The number of carbonyl (C=O) groups is 1. The lowest BCUT2D eigenvalue weighted by molar-refractivity contribution is -0.136. The van der Waals surface area contributed by atoms with Crippen LogP contribution in [0, 0.1) is 6.92 Å². The maximum Gasteiger partial charge on any atom is 0.418 e. The molecule has 176 valence electrons. The third-order valence-corrected chi connectivity index (χ3v) is 5.93. The Balaban J connectivity index is 1.62. The summed E-state index contributed by atoms with van der Waals surface area (Å²) in [7, 11) is 0. The molecule has 1 N–H and O–H groups in total. The van der Waals surface area contributed by atoms with Crippen LogP contribution >= 0.6 is 0 Å². The number of amides is 1. The van der Waals surface area contributed by atoms with Gasteiger partial charge in [-0.3, -0.25) is 4.79 Å². The summed E-state index contributed by atoms with van der Waals surface area (Å²) in [5.74, 6) is -0.797. The summed E-state index contributed by atoms with van der Waals surface area (Å²) in [6.07, 6.45) is -4.00. The van der Waals surface area contributed by atoms with E-state index >= 15 is 0 Å². The highest BCUT2D eigenvalue weighted by Crippen LogP contribution is 2.36. The Bertz CT molecular complexity index is 1580. The van der Waals surface area contributed by atoms with Crippen molar-refractivity contribution in [2.24, 2.45) is 0 Å². The topological polar surface area (TPSA) is 72.2 Å². The van der Waals surface area contributed by atoms with E-state index in [4.69, 9.17) is 0 Å². The summed E-state index contributed by atoms with van der Waals surface area (Å²) in [6, 6.07) is 18.7. The molecule has 2 aromatic heterocycles. The first-order valence-electron chi connectivity index (χ1n) is 11.0. The van der Waals surface area contributed by atoms with E-state index in [-0.39, 0.29) is 11.4 Å². The van der Waals surface area contributed by atoms with Crippen molar-refractivity contribution in [1.29, 1.82) is 0 Å². The fourth-order valence-corrected chi connectivity index (χ4v) is 4.25. The second kappa shape index (κ2) is 8.50. The molecule has 3 aromatic carbocycles. The number of alkyl halides is 3. The molecule has 9 heteroatoms. The third-order valence-electron chi connectivity index (χ3n) is 5.93. The second-order valence-electron chi connectivity index (χ2n) is 8.07. The number of para-hydroxylation sites is 1. The number of nitrogens with zero attached hydrogens (tertiary/aromatic N) is 4. The summed E-state index contributed by atoms with van der Waals surface area (Å²) < 4.78 is 41.6. The first-order valence-corrected chi connectivity index (χ1v) is 11.0. The first-order chi connectivity index (χ1) is 16.8. The third kappa shape index (κ3) is 3.88. The average Bonchev–Trinajstić information content (AvgIpc) is 3.23. The van der Waals surface area contributed by atoms with Crippen LogP contribution in [0.4, 0.5) is 18.9 Å². The summed E-state index contributed by atoms with van der Waals surface area (Å²) in [6.45, 7) is 3.62. The number of nitrogens with one attached hydrogen (secondary N) is 1. The number of fused-ring (bicyclic) bond motifs is 2. The van der Waals surface area contributed by atoms with E-state index in [0.29, 0.717) is 17.8 Å². The van der Waals surface area contributed by atoms with Gasteiger partial charge in [-0.05, 0) is 41.8 Å². The fourth-order valence-electron chi connectivity index (χ4n) is 4.25. The molecule has 0 aliphatic rings. The summed E-state index contributed by atoms with van der Waals surface area (Å²) in [4.78, 5) is 12.9. The van der Waals surface area contributed by atoms with Gasteiger partial charge in [-0.25, -0.2) is 4.52 Å². The molecule has 0 aliphatic heterocycles. The molecule has 0 saturated heterocycles. The highest BCUT2D eigenvalue weighted by Gasteiger charge is 2.34. The molecule has 2 heterocycles. The van der Waals surface area contributed by atoms with Crippen LogP contribution < -0.4 is 5.32 Å². The molecule has 6 nitrogen and oxygen atoms in total. The molecule has 0 aliphatic carbocycles. The van der Waals surface area contributed by atoms with Gasteiger partial charge in [0.15, 0.2) is 11.3 Å². The first kappa shape index (κ1) is 22.5. The van der Waals surface area contributed by atoms with Crippen molar-refractivity contribution < 1.29 is 18.0 Å². The molecule has 0 atom stereocenters. The minimum absolute atomic E-state index is 0.107. The number of hydrogen-bond donors (Lipinski definition) is 1. The van der Waals surface area contributed by atoms with Crippen LogP contribution in [0.25, 0.3) is 27.5 Å². The number of anilines is 1. The van der Waals surface area contributed by atoms with Gasteiger partial charge >= 0.3 is 6.18 Å². The van der Waals surface area contributed by atoms with Crippen molar-refractivity contribution in [3.05, 3.63) is 89.4 Å². The zero-order chi connectivity index (χ0) is 24.7. The van der Waals surface area contributed by atoms with Gasteiger partial charge in [0.25, 0.3) is 5.91 Å². The maximum atomic E-state index is 13.4. The van der Waals surface area contributed by atoms with Gasteiger partial charge in [0.05, 0.1) is 28.2 Å². The molecule has 5 aromatic rings. The lowest BCUT2D eigenvalue weighted by Gasteiger charge is -2.14. The van der Waals surface area contributed by atoms with Crippen molar-refractivity contribution in [3.8, 4) is 11.1 Å². The van der Waals surface area contributed by atoms with Gasteiger partial charge in [0, 0.05) is 0 Å². The SMILES string of the molecule is CCc1nn2c(C)c(C(=O)Nc3ccccc3C(F)(F)F)nnc2c1-c1cccc2ccccc12. The van der Waals surface area contributed by atoms with Crippen LogP contribution in [0.1, 0.15) is 34.4 Å². The molecule has 0 spiro atoms. The Morgan fingerprint density at radius 3 is 2.46 bits per heavy atom. The van der Waals surface area contributed by atoms with E-state index in [0.717, 1.165) is 33.7 Å². The summed E-state index contributed by atoms with van der Waals surface area (Å²) >= 11 is 0. The van der Waals surface area contributed by atoms with Gasteiger partial charge in [0.2, 0.25) is 0 Å². The van der Waals surface area contributed by atoms with Crippen LogP contribution in [-0.2, 0) is 12.6 Å². The van der Waals surface area contributed by atoms with E-state index in [1.165, 1.54) is 22.7 Å². The fraction of sp³-hybridized carbons (Fsp3) is 0.154. The van der Waals surface area contributed by atoms with Crippen LogP contribution in [0.3, 0.4) is 0 Å².